The van der Waals surface area contributed by atoms with E-state index in [1.807, 2.05) is 6.92 Å². The Labute approximate surface area is 96.2 Å². The Kier molecular flexibility index (Phi) is 4.73. The topological polar surface area (TPSA) is 81.2 Å². The van der Waals surface area contributed by atoms with Crippen LogP contribution in [-0.2, 0) is 0 Å². The van der Waals surface area contributed by atoms with Crippen molar-refractivity contribution in [2.45, 2.75) is 51.6 Å². The summed E-state index contributed by atoms with van der Waals surface area (Å²) in [6, 6.07) is 0. The molecule has 0 fully saturated rings. The van der Waals surface area contributed by atoms with Gasteiger partial charge >= 0.3 is 0 Å². The summed E-state index contributed by atoms with van der Waals surface area (Å²) in [4.78, 5) is 0. The van der Waals surface area contributed by atoms with Crippen LogP contribution >= 0.6 is 0 Å². The molecule has 0 aromatic carbocycles. The molecule has 0 amide bonds. The van der Waals surface area contributed by atoms with Crippen LogP contribution < -0.4 is 0 Å². The standard InChI is InChI=1S/C11H20N4O/c1-9-6-4-3-5-7-11(2,16)10(9)15-14-8-13-12/h12,16H,3-8H2,1-2H3/b10-9+,13-12?,15-14?. The molecular formula is C11H20N4O. The fourth-order valence-electron chi connectivity index (χ4n) is 2.06. The Morgan fingerprint density at radius 3 is 2.81 bits per heavy atom. The van der Waals surface area contributed by atoms with Gasteiger partial charge in [-0.1, -0.05) is 12.8 Å². The van der Waals surface area contributed by atoms with Crippen LogP contribution in [0.4, 0.5) is 0 Å². The Hall–Kier alpha value is -1.10. The molecular weight excluding hydrogens is 204 g/mol. The van der Waals surface area contributed by atoms with E-state index in [0.717, 1.165) is 37.7 Å². The quantitative estimate of drug-likeness (QED) is 0.707. The van der Waals surface area contributed by atoms with E-state index in [-0.39, 0.29) is 6.67 Å². The molecule has 5 nitrogen and oxygen atoms in total. The molecule has 0 radical (unpaired) electrons. The highest BCUT2D eigenvalue weighted by atomic mass is 16.3. The van der Waals surface area contributed by atoms with Crippen molar-refractivity contribution >= 4 is 0 Å². The van der Waals surface area contributed by atoms with Crippen molar-refractivity contribution in [3.05, 3.63) is 11.3 Å². The maximum Gasteiger partial charge on any atom is 0.170 e. The summed E-state index contributed by atoms with van der Waals surface area (Å²) in [5.74, 6) is 0. The van der Waals surface area contributed by atoms with E-state index < -0.39 is 5.60 Å². The summed E-state index contributed by atoms with van der Waals surface area (Å²) in [6.07, 6.45) is 4.99. The summed E-state index contributed by atoms with van der Waals surface area (Å²) in [5, 5.41) is 21.3. The molecule has 0 bridgehead atoms. The van der Waals surface area contributed by atoms with Crippen molar-refractivity contribution < 1.29 is 5.11 Å². The third-order valence-corrected chi connectivity index (χ3v) is 2.93. The van der Waals surface area contributed by atoms with E-state index in [2.05, 4.69) is 15.3 Å². The lowest BCUT2D eigenvalue weighted by atomic mass is 9.88. The van der Waals surface area contributed by atoms with Gasteiger partial charge in [-0.05, 0) is 38.7 Å². The second-order valence-electron chi connectivity index (χ2n) is 4.50. The van der Waals surface area contributed by atoms with Crippen LogP contribution in [0.1, 0.15) is 46.0 Å². The van der Waals surface area contributed by atoms with Gasteiger partial charge in [0.25, 0.3) is 0 Å². The minimum absolute atomic E-state index is 0.0346. The van der Waals surface area contributed by atoms with E-state index in [0.29, 0.717) is 5.70 Å². The zero-order valence-electron chi connectivity index (χ0n) is 10.0. The summed E-state index contributed by atoms with van der Waals surface area (Å²) in [7, 11) is 0. The predicted octanol–water partition coefficient (Wildman–Crippen LogP) is 3.42. The van der Waals surface area contributed by atoms with Crippen LogP contribution in [0.15, 0.2) is 26.6 Å². The van der Waals surface area contributed by atoms with Crippen LogP contribution in [0, 0.1) is 5.53 Å². The molecule has 1 rings (SSSR count). The van der Waals surface area contributed by atoms with Gasteiger partial charge in [0, 0.05) is 0 Å². The van der Waals surface area contributed by atoms with Crippen LogP contribution in [0.3, 0.4) is 0 Å². The lowest BCUT2D eigenvalue weighted by Gasteiger charge is -2.27. The van der Waals surface area contributed by atoms with E-state index in [9.17, 15) is 5.11 Å². The van der Waals surface area contributed by atoms with Crippen LogP contribution in [0.5, 0.6) is 0 Å². The molecule has 0 aromatic rings. The fraction of sp³-hybridized carbons (Fsp3) is 0.818. The molecule has 16 heavy (non-hydrogen) atoms. The number of rotatable bonds is 3. The first-order valence-electron chi connectivity index (χ1n) is 5.71. The molecule has 1 unspecified atom stereocenters. The van der Waals surface area contributed by atoms with Crippen molar-refractivity contribution in [2.75, 3.05) is 6.67 Å². The predicted molar refractivity (Wildman–Crippen MR) is 61.3 cm³/mol. The number of azo groups is 1. The van der Waals surface area contributed by atoms with Crippen molar-refractivity contribution in [1.82, 2.24) is 0 Å². The SMILES string of the molecule is C/C1=C(\N=NCN=N)C(C)(O)CCCCC1. The molecule has 0 spiro atoms. The van der Waals surface area contributed by atoms with Crippen molar-refractivity contribution in [2.24, 2.45) is 15.3 Å². The molecule has 0 saturated heterocycles. The molecule has 0 heterocycles. The van der Waals surface area contributed by atoms with Gasteiger partial charge in [-0.15, -0.1) is 0 Å². The minimum atomic E-state index is -0.893. The second-order valence-corrected chi connectivity index (χ2v) is 4.50. The van der Waals surface area contributed by atoms with Gasteiger partial charge < -0.3 is 5.11 Å². The van der Waals surface area contributed by atoms with Crippen molar-refractivity contribution in [1.29, 1.82) is 5.53 Å². The Balaban J connectivity index is 2.92. The Morgan fingerprint density at radius 2 is 2.12 bits per heavy atom. The largest absolute Gasteiger partial charge is 0.384 e. The summed E-state index contributed by atoms with van der Waals surface area (Å²) >= 11 is 0. The molecule has 1 atom stereocenters. The summed E-state index contributed by atoms with van der Waals surface area (Å²) in [5.41, 5.74) is 7.51. The monoisotopic (exact) mass is 224 g/mol. The number of nitrogens with zero attached hydrogens (tertiary/aromatic N) is 3. The van der Waals surface area contributed by atoms with E-state index >= 15 is 0 Å². The lowest BCUT2D eigenvalue weighted by Crippen LogP contribution is -2.28. The number of hydrogen-bond donors (Lipinski definition) is 2. The van der Waals surface area contributed by atoms with E-state index in [1.54, 1.807) is 6.92 Å². The average Bonchev–Trinajstić information content (AvgIpc) is 2.21. The van der Waals surface area contributed by atoms with Gasteiger partial charge in [0.2, 0.25) is 0 Å². The number of nitrogens with one attached hydrogen (secondary N) is 1. The zero-order chi connectivity index (χ0) is 12.0. The van der Waals surface area contributed by atoms with Crippen LogP contribution in [0.25, 0.3) is 0 Å². The van der Waals surface area contributed by atoms with Gasteiger partial charge in [0.05, 0.1) is 5.70 Å². The third-order valence-electron chi connectivity index (χ3n) is 2.93. The first-order valence-corrected chi connectivity index (χ1v) is 5.71. The highest BCUT2D eigenvalue weighted by molar-refractivity contribution is 5.20. The van der Waals surface area contributed by atoms with Gasteiger partial charge in [-0.25, -0.2) is 5.53 Å². The van der Waals surface area contributed by atoms with Crippen LogP contribution in [0.2, 0.25) is 0 Å². The van der Waals surface area contributed by atoms with Crippen LogP contribution in [-0.4, -0.2) is 17.4 Å². The zero-order valence-corrected chi connectivity index (χ0v) is 10.0. The fourth-order valence-corrected chi connectivity index (χ4v) is 2.06. The average molecular weight is 224 g/mol. The van der Waals surface area contributed by atoms with E-state index in [4.69, 9.17) is 5.53 Å². The molecule has 0 aliphatic heterocycles. The van der Waals surface area contributed by atoms with E-state index in [1.165, 1.54) is 0 Å². The number of hydrogen-bond acceptors (Lipinski definition) is 5. The Bertz CT molecular complexity index is 307. The smallest absolute Gasteiger partial charge is 0.170 e. The molecule has 1 aliphatic rings. The number of aliphatic hydroxyl groups is 1. The van der Waals surface area contributed by atoms with Crippen molar-refractivity contribution in [3.8, 4) is 0 Å². The molecule has 5 heteroatoms. The maximum atomic E-state index is 10.3. The lowest BCUT2D eigenvalue weighted by molar-refractivity contribution is 0.0804. The normalized spacial score (nSPS) is 32.4. The molecule has 0 saturated carbocycles. The first kappa shape index (κ1) is 13.0. The number of allylic oxidation sites excluding steroid dienone is 1. The van der Waals surface area contributed by atoms with Gasteiger partial charge in [0.1, 0.15) is 5.60 Å². The maximum absolute atomic E-state index is 10.3. The first-order chi connectivity index (χ1) is 7.58. The van der Waals surface area contributed by atoms with Crippen molar-refractivity contribution in [3.63, 3.8) is 0 Å². The summed E-state index contributed by atoms with van der Waals surface area (Å²) in [6.45, 7) is 3.81. The summed E-state index contributed by atoms with van der Waals surface area (Å²) < 4.78 is 0. The third kappa shape index (κ3) is 3.48. The second kappa shape index (κ2) is 5.84. The van der Waals surface area contributed by atoms with Gasteiger partial charge in [-0.3, -0.25) is 0 Å². The Morgan fingerprint density at radius 1 is 1.38 bits per heavy atom. The molecule has 0 aromatic heterocycles. The van der Waals surface area contributed by atoms with Gasteiger partial charge in [0.15, 0.2) is 6.67 Å². The molecule has 1 aliphatic carbocycles. The molecule has 90 valence electrons. The van der Waals surface area contributed by atoms with Gasteiger partial charge in [-0.2, -0.15) is 15.3 Å². The minimum Gasteiger partial charge on any atom is -0.384 e. The molecule has 2 N–H and O–H groups in total. The highest BCUT2D eigenvalue weighted by Gasteiger charge is 2.28. The highest BCUT2D eigenvalue weighted by Crippen LogP contribution is 2.31.